The Hall–Kier alpha value is -0.810. The number of urea groups is 1. The van der Waals surface area contributed by atoms with Crippen LogP contribution in [0.1, 0.15) is 34.1 Å². The molecule has 1 saturated carbocycles. The molecule has 1 aliphatic carbocycles. The largest absolute Gasteiger partial charge is 0.380 e. The molecule has 0 heterocycles. The fourth-order valence-electron chi connectivity index (χ4n) is 2.31. The van der Waals surface area contributed by atoms with Crippen LogP contribution in [0.4, 0.5) is 4.79 Å². The van der Waals surface area contributed by atoms with Gasteiger partial charge in [0.1, 0.15) is 0 Å². The third-order valence-corrected chi connectivity index (χ3v) is 4.32. The minimum atomic E-state index is -0.156. The molecule has 2 amide bonds. The van der Waals surface area contributed by atoms with E-state index in [1.165, 1.54) is 0 Å². The van der Waals surface area contributed by atoms with E-state index in [9.17, 15) is 4.79 Å². The Morgan fingerprint density at radius 3 is 2.56 bits per heavy atom. The number of rotatable bonds is 6. The highest BCUT2D eigenvalue weighted by Crippen LogP contribution is 2.51. The van der Waals surface area contributed by atoms with Crippen LogP contribution in [0.15, 0.2) is 0 Å². The molecule has 2 unspecified atom stereocenters. The van der Waals surface area contributed by atoms with Gasteiger partial charge in [-0.15, -0.1) is 0 Å². The molecule has 0 spiro atoms. The lowest BCUT2D eigenvalue weighted by molar-refractivity contribution is -0.177. The second kappa shape index (κ2) is 5.89. The minimum Gasteiger partial charge on any atom is -0.380 e. The third kappa shape index (κ3) is 2.95. The molecule has 5 nitrogen and oxygen atoms in total. The number of nitrogens with one attached hydrogen (secondary N) is 2. The molecule has 0 aliphatic heterocycles. The number of carbonyl (C=O) groups is 1. The van der Waals surface area contributed by atoms with E-state index in [2.05, 4.69) is 31.4 Å². The summed E-state index contributed by atoms with van der Waals surface area (Å²) in [7, 11) is 1.72. The van der Waals surface area contributed by atoms with Crippen LogP contribution >= 0.6 is 0 Å². The van der Waals surface area contributed by atoms with Crippen LogP contribution in [0.5, 0.6) is 0 Å². The summed E-state index contributed by atoms with van der Waals surface area (Å²) in [6.45, 7) is 10.0. The summed E-state index contributed by atoms with van der Waals surface area (Å²) in [6, 6.07) is 0.0143. The molecule has 0 aromatic rings. The van der Waals surface area contributed by atoms with Crippen molar-refractivity contribution < 1.29 is 14.3 Å². The maximum Gasteiger partial charge on any atom is 0.315 e. The van der Waals surface area contributed by atoms with Crippen molar-refractivity contribution in [2.24, 2.45) is 5.41 Å². The molecule has 1 aliphatic rings. The van der Waals surface area contributed by atoms with Crippen molar-refractivity contribution in [2.75, 3.05) is 26.9 Å². The normalized spacial score (nSPS) is 29.5. The van der Waals surface area contributed by atoms with E-state index in [1.54, 1.807) is 7.11 Å². The standard InChI is InChI=1S/C13H26N2O3/c1-6-18-8-7-14-11(16)15-10-9-13(4,17-5)12(10,2)3/h10H,6-9H2,1-5H3,(H2,14,15,16). The maximum absolute atomic E-state index is 11.7. The second-order valence-electron chi connectivity index (χ2n) is 5.51. The highest BCUT2D eigenvalue weighted by Gasteiger charge is 2.58. The lowest BCUT2D eigenvalue weighted by Gasteiger charge is -2.59. The van der Waals surface area contributed by atoms with Gasteiger partial charge in [0, 0.05) is 31.7 Å². The van der Waals surface area contributed by atoms with E-state index in [0.717, 1.165) is 6.42 Å². The van der Waals surface area contributed by atoms with Gasteiger partial charge in [-0.3, -0.25) is 0 Å². The summed E-state index contributed by atoms with van der Waals surface area (Å²) >= 11 is 0. The number of carbonyl (C=O) groups excluding carboxylic acids is 1. The first-order valence-corrected chi connectivity index (χ1v) is 6.54. The predicted molar refractivity (Wildman–Crippen MR) is 70.6 cm³/mol. The number of methoxy groups -OCH3 is 1. The Morgan fingerprint density at radius 1 is 1.39 bits per heavy atom. The van der Waals surface area contributed by atoms with Gasteiger partial charge in [-0.05, 0) is 20.3 Å². The Morgan fingerprint density at radius 2 is 2.06 bits per heavy atom. The van der Waals surface area contributed by atoms with E-state index >= 15 is 0 Å². The highest BCUT2D eigenvalue weighted by atomic mass is 16.5. The van der Waals surface area contributed by atoms with Gasteiger partial charge >= 0.3 is 6.03 Å². The first-order chi connectivity index (χ1) is 8.37. The molecule has 5 heteroatoms. The topological polar surface area (TPSA) is 59.6 Å². The average molecular weight is 258 g/mol. The molecule has 2 N–H and O–H groups in total. The summed E-state index contributed by atoms with van der Waals surface area (Å²) in [5.74, 6) is 0. The van der Waals surface area contributed by atoms with E-state index in [4.69, 9.17) is 9.47 Å². The van der Waals surface area contributed by atoms with Crippen LogP contribution in [0, 0.1) is 5.41 Å². The number of amides is 2. The zero-order valence-corrected chi connectivity index (χ0v) is 12.1. The summed E-state index contributed by atoms with van der Waals surface area (Å²) in [5.41, 5.74) is -0.213. The smallest absolute Gasteiger partial charge is 0.315 e. The summed E-state index contributed by atoms with van der Waals surface area (Å²) in [5, 5.41) is 5.77. The van der Waals surface area contributed by atoms with Crippen LogP contribution in [0.2, 0.25) is 0 Å². The van der Waals surface area contributed by atoms with E-state index in [1.807, 2.05) is 6.92 Å². The molecule has 0 aromatic carbocycles. The van der Waals surface area contributed by atoms with Gasteiger partial charge in [0.25, 0.3) is 0 Å². The van der Waals surface area contributed by atoms with Crippen LogP contribution in [0.25, 0.3) is 0 Å². The summed E-state index contributed by atoms with van der Waals surface area (Å²) in [6.07, 6.45) is 0.843. The first kappa shape index (κ1) is 15.2. The van der Waals surface area contributed by atoms with E-state index in [0.29, 0.717) is 19.8 Å². The predicted octanol–water partition coefficient (Wildman–Crippen LogP) is 1.53. The van der Waals surface area contributed by atoms with E-state index < -0.39 is 0 Å². The molecule has 2 atom stereocenters. The zero-order valence-electron chi connectivity index (χ0n) is 12.1. The van der Waals surface area contributed by atoms with Gasteiger partial charge in [0.15, 0.2) is 0 Å². The Labute approximate surface area is 110 Å². The Kier molecular flexibility index (Phi) is 4.99. The van der Waals surface area contributed by atoms with Gasteiger partial charge in [-0.2, -0.15) is 0 Å². The number of ether oxygens (including phenoxy) is 2. The van der Waals surface area contributed by atoms with Crippen molar-refractivity contribution >= 4 is 6.03 Å². The Balaban J connectivity index is 2.30. The van der Waals surface area contributed by atoms with Crippen molar-refractivity contribution in [3.63, 3.8) is 0 Å². The molecule has 0 aromatic heterocycles. The Bertz CT molecular complexity index is 294. The van der Waals surface area contributed by atoms with Gasteiger partial charge in [-0.25, -0.2) is 4.79 Å². The van der Waals surface area contributed by atoms with Gasteiger partial charge in [0.2, 0.25) is 0 Å². The zero-order chi connectivity index (χ0) is 13.8. The quantitative estimate of drug-likeness (QED) is 0.710. The molecule has 0 radical (unpaired) electrons. The second-order valence-corrected chi connectivity index (χ2v) is 5.51. The fraction of sp³-hybridized carbons (Fsp3) is 0.923. The number of hydrogen-bond acceptors (Lipinski definition) is 3. The van der Waals surface area contributed by atoms with Crippen molar-refractivity contribution in [2.45, 2.75) is 45.8 Å². The third-order valence-electron chi connectivity index (χ3n) is 4.32. The molecule has 1 rings (SSSR count). The van der Waals surface area contributed by atoms with Gasteiger partial charge in [0.05, 0.1) is 12.2 Å². The number of hydrogen-bond donors (Lipinski definition) is 2. The summed E-state index contributed by atoms with van der Waals surface area (Å²) < 4.78 is 10.7. The van der Waals surface area contributed by atoms with E-state index in [-0.39, 0.29) is 23.1 Å². The van der Waals surface area contributed by atoms with Gasteiger partial charge in [-0.1, -0.05) is 13.8 Å². The van der Waals surface area contributed by atoms with Crippen LogP contribution in [-0.2, 0) is 9.47 Å². The highest BCUT2D eigenvalue weighted by molar-refractivity contribution is 5.74. The van der Waals surface area contributed by atoms with Crippen molar-refractivity contribution in [3.05, 3.63) is 0 Å². The monoisotopic (exact) mass is 258 g/mol. The van der Waals surface area contributed by atoms with Crippen molar-refractivity contribution in [1.82, 2.24) is 10.6 Å². The fourth-order valence-corrected chi connectivity index (χ4v) is 2.31. The van der Waals surface area contributed by atoms with Crippen molar-refractivity contribution in [3.8, 4) is 0 Å². The van der Waals surface area contributed by atoms with Gasteiger partial charge < -0.3 is 20.1 Å². The average Bonchev–Trinajstić information content (AvgIpc) is 2.33. The molecule has 106 valence electrons. The molecular weight excluding hydrogens is 232 g/mol. The summed E-state index contributed by atoms with van der Waals surface area (Å²) in [4.78, 5) is 11.7. The maximum atomic E-state index is 11.7. The molecular formula is C13H26N2O3. The van der Waals surface area contributed by atoms with Crippen LogP contribution < -0.4 is 10.6 Å². The SMILES string of the molecule is CCOCCNC(=O)NC1CC(C)(OC)C1(C)C. The molecule has 0 saturated heterocycles. The molecule has 0 bridgehead atoms. The first-order valence-electron chi connectivity index (χ1n) is 6.54. The van der Waals surface area contributed by atoms with Crippen LogP contribution in [-0.4, -0.2) is 44.5 Å². The minimum absolute atomic E-state index is 0.0565. The lowest BCUT2D eigenvalue weighted by Crippen LogP contribution is -2.69. The molecule has 1 fully saturated rings. The van der Waals surface area contributed by atoms with Crippen LogP contribution in [0.3, 0.4) is 0 Å². The lowest BCUT2D eigenvalue weighted by atomic mass is 9.56. The molecule has 18 heavy (non-hydrogen) atoms. The van der Waals surface area contributed by atoms with Crippen molar-refractivity contribution in [1.29, 1.82) is 0 Å².